The van der Waals surface area contributed by atoms with E-state index in [4.69, 9.17) is 9.47 Å². The van der Waals surface area contributed by atoms with E-state index < -0.39 is 0 Å². The molecule has 8 nitrogen and oxygen atoms in total. The second-order valence-electron chi connectivity index (χ2n) is 10.6. The molecular weight excluding hydrogens is 688 g/mol. The summed E-state index contributed by atoms with van der Waals surface area (Å²) in [4.78, 5) is 31.7. The number of carbonyl (C=O) groups excluding carboxylic acids is 2. The first kappa shape index (κ1) is 41.9. The number of unbranched alkanes of at least 4 members (excludes halogenated alkanes) is 5. The smallest absolute Gasteiger partial charge is 0.410 e. The number of carbonyl (C=O) groups is 2. The lowest BCUT2D eigenvalue weighted by molar-refractivity contribution is 0.169. The Morgan fingerprint density at radius 2 is 0.886 bits per heavy atom. The van der Waals surface area contributed by atoms with Crippen LogP contribution in [0.3, 0.4) is 0 Å². The van der Waals surface area contributed by atoms with Crippen molar-refractivity contribution in [2.75, 3.05) is 66.0 Å². The highest BCUT2D eigenvalue weighted by Gasteiger charge is 2.14. The highest BCUT2D eigenvalue weighted by molar-refractivity contribution is 9.09. The Morgan fingerprint density at radius 3 is 1.20 bits per heavy atom. The van der Waals surface area contributed by atoms with Crippen LogP contribution in [-0.4, -0.2) is 97.8 Å². The second-order valence-corrected chi connectivity index (χ2v) is 10.6. The number of halogens is 2. The van der Waals surface area contributed by atoms with Crippen molar-refractivity contribution in [3.05, 3.63) is 59.7 Å². The quantitative estimate of drug-likeness (QED) is 0.120. The Labute approximate surface area is 284 Å². The molecule has 10 heteroatoms. The minimum Gasteiger partial charge on any atom is -0.410 e. The molecule has 0 unspecified atom stereocenters. The fourth-order valence-electron chi connectivity index (χ4n) is 4.40. The predicted molar refractivity (Wildman–Crippen MR) is 192 cm³/mol. The number of benzene rings is 2. The molecule has 0 heterocycles. The maximum atomic E-state index is 12.0. The zero-order chi connectivity index (χ0) is 33.3. The van der Waals surface area contributed by atoms with E-state index >= 15 is 0 Å². The molecule has 0 saturated heterocycles. The predicted octanol–water partition coefficient (Wildman–Crippen LogP) is 8.51. The van der Waals surface area contributed by atoms with E-state index in [0.29, 0.717) is 11.5 Å². The molecule has 0 radical (unpaired) electrons. The van der Waals surface area contributed by atoms with Crippen molar-refractivity contribution >= 4 is 44.0 Å². The summed E-state index contributed by atoms with van der Waals surface area (Å²) in [5, 5.41) is 0. The third-order valence-corrected chi connectivity index (χ3v) is 6.95. The first-order chi connectivity index (χ1) is 21.2. The molecule has 2 rings (SSSR count). The highest BCUT2D eigenvalue weighted by atomic mass is 79.9. The molecule has 0 bridgehead atoms. The Bertz CT molecular complexity index is 958. The Hall–Kier alpha value is -2.14. The van der Waals surface area contributed by atoms with E-state index in [2.05, 4.69) is 55.5 Å². The number of ether oxygens (including phenoxy) is 2. The molecule has 0 aliphatic heterocycles. The van der Waals surface area contributed by atoms with Crippen molar-refractivity contribution in [3.8, 4) is 11.5 Å². The Balaban J connectivity index is 0.00000443. The van der Waals surface area contributed by atoms with Gasteiger partial charge in [-0.1, -0.05) is 108 Å². The second kappa shape index (κ2) is 26.1. The molecule has 250 valence electrons. The zero-order valence-corrected chi connectivity index (χ0v) is 31.5. The third-order valence-electron chi connectivity index (χ3n) is 6.95. The first-order valence-electron chi connectivity index (χ1n) is 15.4. The average molecular weight is 745 g/mol. The standard InChI is InChI=1S/C32H50N4O4.2CH3Br/c1-7-35(25-27-19-13-15-21-29(27)39-31(37)33(3)4)23-17-11-9-10-12-18-24-36(8-2)26-28-20-14-16-22-30(28)40-32(38)34(5)6;2*1-2/h13-16,19-22H,7-12,17-18,23-26H2,1-6H3;2*1H3. The van der Waals surface area contributed by atoms with Crippen LogP contribution in [0.5, 0.6) is 11.5 Å². The molecule has 0 aliphatic rings. The molecule has 0 aliphatic carbocycles. The lowest BCUT2D eigenvalue weighted by Crippen LogP contribution is -2.27. The van der Waals surface area contributed by atoms with Gasteiger partial charge < -0.3 is 19.3 Å². The summed E-state index contributed by atoms with van der Waals surface area (Å²) >= 11 is 5.88. The first-order valence-corrected chi connectivity index (χ1v) is 18.6. The number of hydrogen-bond acceptors (Lipinski definition) is 6. The van der Waals surface area contributed by atoms with Gasteiger partial charge in [0.05, 0.1) is 0 Å². The van der Waals surface area contributed by atoms with E-state index in [-0.39, 0.29) is 12.2 Å². The highest BCUT2D eigenvalue weighted by Crippen LogP contribution is 2.22. The Morgan fingerprint density at radius 1 is 0.568 bits per heavy atom. The third kappa shape index (κ3) is 17.4. The molecule has 2 aromatic carbocycles. The van der Waals surface area contributed by atoms with Crippen LogP contribution < -0.4 is 9.47 Å². The number of nitrogens with zero attached hydrogens (tertiary/aromatic N) is 4. The van der Waals surface area contributed by atoms with Crippen LogP contribution in [0.4, 0.5) is 9.59 Å². The lowest BCUT2D eigenvalue weighted by atomic mass is 10.1. The fraction of sp³-hybridized carbons (Fsp3) is 0.588. The van der Waals surface area contributed by atoms with E-state index in [1.165, 1.54) is 35.5 Å². The van der Waals surface area contributed by atoms with Crippen molar-refractivity contribution < 1.29 is 19.1 Å². The molecule has 0 spiro atoms. The van der Waals surface area contributed by atoms with Gasteiger partial charge in [-0.15, -0.1) is 0 Å². The van der Waals surface area contributed by atoms with Gasteiger partial charge >= 0.3 is 12.2 Å². The van der Waals surface area contributed by atoms with Crippen molar-refractivity contribution in [2.24, 2.45) is 0 Å². The summed E-state index contributed by atoms with van der Waals surface area (Å²) in [6.45, 7) is 9.90. The molecule has 0 atom stereocenters. The van der Waals surface area contributed by atoms with Gasteiger partial charge in [-0.2, -0.15) is 0 Å². The van der Waals surface area contributed by atoms with E-state index in [0.717, 1.165) is 63.2 Å². The molecule has 44 heavy (non-hydrogen) atoms. The van der Waals surface area contributed by atoms with Crippen molar-refractivity contribution in [1.29, 1.82) is 0 Å². The molecule has 0 saturated carbocycles. The van der Waals surface area contributed by atoms with Gasteiger partial charge in [0.15, 0.2) is 0 Å². The van der Waals surface area contributed by atoms with Gasteiger partial charge in [0.25, 0.3) is 0 Å². The molecule has 2 aromatic rings. The van der Waals surface area contributed by atoms with Crippen LogP contribution in [0.1, 0.15) is 63.5 Å². The molecule has 2 amide bonds. The molecule has 0 aromatic heterocycles. The number of amides is 2. The maximum absolute atomic E-state index is 12.0. The molecular formula is C34H56Br2N4O4. The normalized spacial score (nSPS) is 10.4. The summed E-state index contributed by atoms with van der Waals surface area (Å²) in [6.07, 6.45) is 6.54. The van der Waals surface area contributed by atoms with E-state index in [1.54, 1.807) is 28.2 Å². The fourth-order valence-corrected chi connectivity index (χ4v) is 4.40. The molecule has 0 N–H and O–H groups in total. The Kier molecular flexibility index (Phi) is 24.8. The van der Waals surface area contributed by atoms with Crippen LogP contribution in [0.15, 0.2) is 48.5 Å². The average Bonchev–Trinajstić information content (AvgIpc) is 3.04. The number of hydrogen-bond donors (Lipinski definition) is 0. The van der Waals surface area contributed by atoms with Crippen molar-refractivity contribution in [1.82, 2.24) is 19.6 Å². The minimum atomic E-state index is -0.354. The summed E-state index contributed by atoms with van der Waals surface area (Å²) < 4.78 is 11.1. The van der Waals surface area contributed by atoms with Crippen LogP contribution in [0.25, 0.3) is 0 Å². The summed E-state index contributed by atoms with van der Waals surface area (Å²) in [5.41, 5.74) is 2.08. The van der Waals surface area contributed by atoms with Gasteiger partial charge in [-0.05, 0) is 62.8 Å². The van der Waals surface area contributed by atoms with Crippen LogP contribution in [0, 0.1) is 0 Å². The lowest BCUT2D eigenvalue weighted by Gasteiger charge is -2.22. The molecule has 0 fully saturated rings. The largest absolute Gasteiger partial charge is 0.414 e. The van der Waals surface area contributed by atoms with E-state index in [9.17, 15) is 9.59 Å². The van der Waals surface area contributed by atoms with Crippen LogP contribution >= 0.6 is 31.9 Å². The summed E-state index contributed by atoms with van der Waals surface area (Å²) in [5.74, 6) is 4.90. The van der Waals surface area contributed by atoms with Gasteiger partial charge in [0, 0.05) is 52.4 Å². The number of para-hydroxylation sites is 2. The zero-order valence-electron chi connectivity index (χ0n) is 28.3. The van der Waals surface area contributed by atoms with Gasteiger partial charge in [0.2, 0.25) is 0 Å². The van der Waals surface area contributed by atoms with E-state index in [1.807, 2.05) is 60.2 Å². The SMILES string of the molecule is CBr.CBr.CCN(CCCCCCCCN(CC)Cc1ccccc1OC(=O)N(C)C)Cc1ccccc1OC(=O)N(C)C. The number of alkyl halides is 2. The summed E-state index contributed by atoms with van der Waals surface area (Å²) in [6, 6.07) is 15.6. The minimum absolute atomic E-state index is 0.354. The van der Waals surface area contributed by atoms with Gasteiger partial charge in [-0.3, -0.25) is 9.80 Å². The van der Waals surface area contributed by atoms with Crippen LogP contribution in [0.2, 0.25) is 0 Å². The van der Waals surface area contributed by atoms with Crippen molar-refractivity contribution in [2.45, 2.75) is 65.5 Å². The number of rotatable bonds is 17. The van der Waals surface area contributed by atoms with Crippen LogP contribution in [-0.2, 0) is 13.1 Å². The topological polar surface area (TPSA) is 65.6 Å². The summed E-state index contributed by atoms with van der Waals surface area (Å²) in [7, 11) is 6.76. The van der Waals surface area contributed by atoms with Gasteiger partial charge in [-0.25, -0.2) is 9.59 Å². The monoisotopic (exact) mass is 742 g/mol. The van der Waals surface area contributed by atoms with Gasteiger partial charge in [0.1, 0.15) is 11.5 Å². The maximum Gasteiger partial charge on any atom is 0.414 e. The van der Waals surface area contributed by atoms with Crippen molar-refractivity contribution in [3.63, 3.8) is 0 Å².